The van der Waals surface area contributed by atoms with E-state index in [-0.39, 0.29) is 23.1 Å². The fourth-order valence-corrected chi connectivity index (χ4v) is 1.88. The number of benzene rings is 2. The lowest BCUT2D eigenvalue weighted by atomic mass is 10.0. The number of rotatable bonds is 3. The van der Waals surface area contributed by atoms with E-state index in [9.17, 15) is 14.7 Å². The zero-order valence-corrected chi connectivity index (χ0v) is 11.2. The molecule has 0 spiro atoms. The minimum absolute atomic E-state index is 0.0266. The van der Waals surface area contributed by atoms with Gasteiger partial charge in [0.2, 0.25) is 5.91 Å². The summed E-state index contributed by atoms with van der Waals surface area (Å²) < 4.78 is 0. The first-order chi connectivity index (χ1) is 9.40. The highest BCUT2D eigenvalue weighted by molar-refractivity contribution is 6.07. The third kappa shape index (κ3) is 2.56. The molecule has 2 aromatic rings. The Morgan fingerprint density at radius 2 is 1.85 bits per heavy atom. The number of aromatic hydroxyl groups is 1. The van der Waals surface area contributed by atoms with Crippen LogP contribution >= 0.6 is 0 Å². The van der Waals surface area contributed by atoms with E-state index in [2.05, 4.69) is 5.32 Å². The van der Waals surface area contributed by atoms with Gasteiger partial charge in [-0.15, -0.1) is 0 Å². The number of amides is 1. The smallest absolute Gasteiger partial charge is 0.335 e. The third-order valence-corrected chi connectivity index (χ3v) is 3.00. The van der Waals surface area contributed by atoms with E-state index in [1.54, 1.807) is 32.0 Å². The molecule has 0 unspecified atom stereocenters. The lowest BCUT2D eigenvalue weighted by Gasteiger charge is -2.12. The topological polar surface area (TPSA) is 86.6 Å². The Labute approximate surface area is 115 Å². The highest BCUT2D eigenvalue weighted by Crippen LogP contribution is 2.32. The summed E-state index contributed by atoms with van der Waals surface area (Å²) in [5.74, 6) is -1.62. The van der Waals surface area contributed by atoms with E-state index in [4.69, 9.17) is 5.11 Å². The number of nitrogens with one attached hydrogen (secondary N) is 1. The number of aromatic carboxylic acids is 1. The molecule has 0 radical (unpaired) electrons. The molecule has 0 fully saturated rings. The second-order valence-electron chi connectivity index (χ2n) is 4.85. The van der Waals surface area contributed by atoms with Crippen molar-refractivity contribution in [3.05, 3.63) is 35.9 Å². The van der Waals surface area contributed by atoms with E-state index >= 15 is 0 Å². The lowest BCUT2D eigenvalue weighted by Crippen LogP contribution is -2.17. The number of fused-ring (bicyclic) bond motifs is 1. The van der Waals surface area contributed by atoms with Gasteiger partial charge in [-0.1, -0.05) is 26.0 Å². The van der Waals surface area contributed by atoms with Crippen LogP contribution in [0.25, 0.3) is 10.8 Å². The van der Waals surface area contributed by atoms with Crippen LogP contribution in [0.4, 0.5) is 5.69 Å². The molecule has 104 valence electrons. The quantitative estimate of drug-likeness (QED) is 0.802. The fourth-order valence-electron chi connectivity index (χ4n) is 1.88. The zero-order valence-electron chi connectivity index (χ0n) is 11.2. The Kier molecular flexibility index (Phi) is 3.61. The molecule has 2 rings (SSSR count). The van der Waals surface area contributed by atoms with Gasteiger partial charge in [0.05, 0.1) is 5.56 Å². The second-order valence-corrected chi connectivity index (χ2v) is 4.85. The van der Waals surface area contributed by atoms with Gasteiger partial charge in [0.15, 0.2) is 0 Å². The summed E-state index contributed by atoms with van der Waals surface area (Å²) in [5, 5.41) is 22.7. The minimum Gasteiger partial charge on any atom is -0.507 e. The van der Waals surface area contributed by atoms with Crippen molar-refractivity contribution in [3.8, 4) is 5.75 Å². The number of hydrogen-bond acceptors (Lipinski definition) is 3. The van der Waals surface area contributed by atoms with Crippen LogP contribution in [0.3, 0.4) is 0 Å². The van der Waals surface area contributed by atoms with Crippen molar-refractivity contribution in [2.24, 2.45) is 5.92 Å². The first-order valence-corrected chi connectivity index (χ1v) is 6.20. The van der Waals surface area contributed by atoms with Crippen LogP contribution in [0.2, 0.25) is 0 Å². The highest BCUT2D eigenvalue weighted by Gasteiger charge is 2.13. The molecular formula is C15H15NO4. The van der Waals surface area contributed by atoms with Crippen molar-refractivity contribution in [2.45, 2.75) is 13.8 Å². The van der Waals surface area contributed by atoms with Gasteiger partial charge in [0, 0.05) is 22.4 Å². The average Bonchev–Trinajstić information content (AvgIpc) is 2.39. The van der Waals surface area contributed by atoms with Gasteiger partial charge >= 0.3 is 5.97 Å². The minimum atomic E-state index is -1.13. The van der Waals surface area contributed by atoms with E-state index in [0.717, 1.165) is 0 Å². The van der Waals surface area contributed by atoms with Gasteiger partial charge in [-0.2, -0.15) is 0 Å². The van der Waals surface area contributed by atoms with Crippen LogP contribution in [0, 0.1) is 5.92 Å². The van der Waals surface area contributed by atoms with Crippen molar-refractivity contribution in [3.63, 3.8) is 0 Å². The summed E-state index contributed by atoms with van der Waals surface area (Å²) in [5.41, 5.74) is 0.459. The summed E-state index contributed by atoms with van der Waals surface area (Å²) in [6.45, 7) is 3.53. The molecule has 0 bridgehead atoms. The van der Waals surface area contributed by atoms with Crippen molar-refractivity contribution < 1.29 is 19.8 Å². The first-order valence-electron chi connectivity index (χ1n) is 6.20. The number of hydrogen-bond donors (Lipinski definition) is 3. The molecule has 0 aromatic heterocycles. The summed E-state index contributed by atoms with van der Waals surface area (Å²) in [6.07, 6.45) is 0. The molecule has 0 aliphatic carbocycles. The van der Waals surface area contributed by atoms with Gasteiger partial charge in [-0.05, 0) is 18.2 Å². The maximum atomic E-state index is 11.8. The Hall–Kier alpha value is -2.56. The Morgan fingerprint density at radius 3 is 2.45 bits per heavy atom. The predicted octanol–water partition coefficient (Wildman–Crippen LogP) is 2.84. The molecule has 0 atom stereocenters. The van der Waals surface area contributed by atoms with Crippen molar-refractivity contribution in [1.29, 1.82) is 0 Å². The summed E-state index contributed by atoms with van der Waals surface area (Å²) >= 11 is 0. The van der Waals surface area contributed by atoms with Gasteiger partial charge in [-0.25, -0.2) is 4.79 Å². The third-order valence-electron chi connectivity index (χ3n) is 3.00. The molecule has 0 aliphatic rings. The number of carbonyl (C=O) groups is 2. The standard InChI is InChI=1S/C15H15NO4/c1-8(2)14(18)16-12-5-3-4-10-11(12)6-9(15(19)20)7-13(10)17/h3-8,17H,1-2H3,(H,16,18)(H,19,20). The molecule has 5 nitrogen and oxygen atoms in total. The molecule has 0 aliphatic heterocycles. The molecule has 0 saturated heterocycles. The maximum absolute atomic E-state index is 11.8. The van der Waals surface area contributed by atoms with Gasteiger partial charge in [0.1, 0.15) is 5.75 Å². The van der Waals surface area contributed by atoms with Gasteiger partial charge < -0.3 is 15.5 Å². The van der Waals surface area contributed by atoms with E-state index in [1.807, 2.05) is 0 Å². The highest BCUT2D eigenvalue weighted by atomic mass is 16.4. The van der Waals surface area contributed by atoms with Crippen LogP contribution < -0.4 is 5.32 Å². The summed E-state index contributed by atoms with van der Waals surface area (Å²) in [4.78, 5) is 22.8. The van der Waals surface area contributed by atoms with Crippen LogP contribution in [0.1, 0.15) is 24.2 Å². The molecule has 2 aromatic carbocycles. The van der Waals surface area contributed by atoms with E-state index in [0.29, 0.717) is 16.5 Å². The van der Waals surface area contributed by atoms with Crippen LogP contribution in [0.5, 0.6) is 5.75 Å². The molecule has 5 heteroatoms. The van der Waals surface area contributed by atoms with Crippen LogP contribution in [-0.4, -0.2) is 22.1 Å². The maximum Gasteiger partial charge on any atom is 0.335 e. The molecule has 3 N–H and O–H groups in total. The van der Waals surface area contributed by atoms with Crippen molar-refractivity contribution in [2.75, 3.05) is 5.32 Å². The zero-order chi connectivity index (χ0) is 14.9. The normalized spacial score (nSPS) is 10.8. The predicted molar refractivity (Wildman–Crippen MR) is 76.0 cm³/mol. The van der Waals surface area contributed by atoms with E-state index in [1.165, 1.54) is 12.1 Å². The molecule has 0 heterocycles. The Bertz CT molecular complexity index is 692. The summed E-state index contributed by atoms with van der Waals surface area (Å²) in [7, 11) is 0. The molecular weight excluding hydrogens is 258 g/mol. The Balaban J connectivity index is 2.60. The Morgan fingerprint density at radius 1 is 1.15 bits per heavy atom. The molecule has 1 amide bonds. The average molecular weight is 273 g/mol. The number of phenolic OH excluding ortho intramolecular Hbond substituents is 1. The fraction of sp³-hybridized carbons (Fsp3) is 0.200. The molecule has 20 heavy (non-hydrogen) atoms. The van der Waals surface area contributed by atoms with Crippen molar-refractivity contribution >= 4 is 28.3 Å². The SMILES string of the molecule is CC(C)C(=O)Nc1cccc2c(O)cc(C(=O)O)cc12. The number of phenols is 1. The number of anilines is 1. The number of carbonyl (C=O) groups excluding carboxylic acids is 1. The van der Waals surface area contributed by atoms with Crippen molar-refractivity contribution in [1.82, 2.24) is 0 Å². The first kappa shape index (κ1) is 13.9. The van der Waals surface area contributed by atoms with Crippen LogP contribution in [0.15, 0.2) is 30.3 Å². The lowest BCUT2D eigenvalue weighted by molar-refractivity contribution is -0.118. The largest absolute Gasteiger partial charge is 0.507 e. The second kappa shape index (κ2) is 5.21. The summed E-state index contributed by atoms with van der Waals surface area (Å²) in [6, 6.07) is 7.67. The molecule has 0 saturated carbocycles. The number of carboxylic acid groups (broad SMARTS) is 1. The monoisotopic (exact) mass is 273 g/mol. The number of carboxylic acids is 1. The van der Waals surface area contributed by atoms with E-state index < -0.39 is 5.97 Å². The van der Waals surface area contributed by atoms with Gasteiger partial charge in [0.25, 0.3) is 0 Å². The van der Waals surface area contributed by atoms with Crippen LogP contribution in [-0.2, 0) is 4.79 Å². The van der Waals surface area contributed by atoms with Gasteiger partial charge in [-0.3, -0.25) is 4.79 Å².